The van der Waals surface area contributed by atoms with Crippen LogP contribution in [0, 0.1) is 0 Å². The van der Waals surface area contributed by atoms with Crippen LogP contribution in [0.2, 0.25) is 0 Å². The molecule has 1 aliphatic heterocycles. The van der Waals surface area contributed by atoms with Gasteiger partial charge < -0.3 is 15.0 Å². The lowest BCUT2D eigenvalue weighted by molar-refractivity contribution is -0.121. The number of anilines is 1. The van der Waals surface area contributed by atoms with Gasteiger partial charge in [-0.05, 0) is 42.0 Å². The van der Waals surface area contributed by atoms with Crippen molar-refractivity contribution in [3.63, 3.8) is 0 Å². The first-order valence-corrected chi connectivity index (χ1v) is 10.4. The summed E-state index contributed by atoms with van der Waals surface area (Å²) in [5.74, 6) is 0.522. The summed E-state index contributed by atoms with van der Waals surface area (Å²) in [6.45, 7) is 0.717. The van der Waals surface area contributed by atoms with Gasteiger partial charge in [-0.2, -0.15) is 0 Å². The standard InChI is InChI=1S/C23H21N3O3S/c1-29-17-10-8-16(9-11-17)15-25-21(27)12-14-26-19-6-2-3-7-20(19)30-22-18(23(26)28)5-4-13-24-22/h2-11,13H,12,14-15H2,1H3,(H,25,27). The van der Waals surface area contributed by atoms with E-state index in [0.717, 1.165) is 21.9 Å². The molecule has 2 amide bonds. The van der Waals surface area contributed by atoms with Crippen molar-refractivity contribution in [2.45, 2.75) is 22.9 Å². The van der Waals surface area contributed by atoms with E-state index in [1.54, 1.807) is 30.3 Å². The zero-order chi connectivity index (χ0) is 20.9. The van der Waals surface area contributed by atoms with Crippen LogP contribution in [0.1, 0.15) is 22.3 Å². The minimum Gasteiger partial charge on any atom is -0.497 e. The first-order chi connectivity index (χ1) is 14.7. The Balaban J connectivity index is 1.45. The number of nitrogens with one attached hydrogen (secondary N) is 1. The Morgan fingerprint density at radius 1 is 1.10 bits per heavy atom. The van der Waals surface area contributed by atoms with E-state index < -0.39 is 0 Å². The highest BCUT2D eigenvalue weighted by Crippen LogP contribution is 2.40. The van der Waals surface area contributed by atoms with Crippen LogP contribution in [-0.4, -0.2) is 30.5 Å². The minimum atomic E-state index is -0.140. The third kappa shape index (κ3) is 4.31. The Bertz CT molecular complexity index is 1070. The summed E-state index contributed by atoms with van der Waals surface area (Å²) in [6.07, 6.45) is 1.89. The molecule has 1 aliphatic rings. The van der Waals surface area contributed by atoms with Crippen molar-refractivity contribution < 1.29 is 14.3 Å². The summed E-state index contributed by atoms with van der Waals surface area (Å²) in [5, 5.41) is 3.60. The molecule has 0 bridgehead atoms. The lowest BCUT2D eigenvalue weighted by atomic mass is 10.2. The maximum Gasteiger partial charge on any atom is 0.261 e. The average molecular weight is 420 g/mol. The quantitative estimate of drug-likeness (QED) is 0.656. The van der Waals surface area contributed by atoms with Crippen LogP contribution in [0.15, 0.2) is 76.8 Å². The molecule has 4 rings (SSSR count). The summed E-state index contributed by atoms with van der Waals surface area (Å²) in [7, 11) is 1.62. The monoisotopic (exact) mass is 419 g/mol. The number of carbonyl (C=O) groups excluding carboxylic acids is 2. The second-order valence-electron chi connectivity index (χ2n) is 6.76. The van der Waals surface area contributed by atoms with E-state index in [9.17, 15) is 9.59 Å². The highest BCUT2D eigenvalue weighted by molar-refractivity contribution is 7.99. The topological polar surface area (TPSA) is 71.5 Å². The lowest BCUT2D eigenvalue weighted by Gasteiger charge is -2.22. The van der Waals surface area contributed by atoms with Gasteiger partial charge in [-0.1, -0.05) is 36.0 Å². The molecule has 152 valence electrons. The van der Waals surface area contributed by atoms with Gasteiger partial charge in [0.2, 0.25) is 5.91 Å². The van der Waals surface area contributed by atoms with Crippen LogP contribution in [0.5, 0.6) is 5.75 Å². The number of para-hydroxylation sites is 1. The van der Waals surface area contributed by atoms with Gasteiger partial charge in [0, 0.05) is 30.6 Å². The van der Waals surface area contributed by atoms with Gasteiger partial charge in [-0.15, -0.1) is 0 Å². The summed E-state index contributed by atoms with van der Waals surface area (Å²) in [6, 6.07) is 18.8. The molecule has 7 heteroatoms. The van der Waals surface area contributed by atoms with Crippen molar-refractivity contribution in [2.24, 2.45) is 0 Å². The van der Waals surface area contributed by atoms with Crippen molar-refractivity contribution in [1.82, 2.24) is 10.3 Å². The lowest BCUT2D eigenvalue weighted by Crippen LogP contribution is -2.35. The fraction of sp³-hybridized carbons (Fsp3) is 0.174. The largest absolute Gasteiger partial charge is 0.497 e. The number of nitrogens with zero attached hydrogens (tertiary/aromatic N) is 2. The molecule has 0 atom stereocenters. The smallest absolute Gasteiger partial charge is 0.261 e. The number of hydrogen-bond acceptors (Lipinski definition) is 5. The third-order valence-corrected chi connectivity index (χ3v) is 5.90. The molecule has 0 saturated heterocycles. The highest BCUT2D eigenvalue weighted by atomic mass is 32.2. The van der Waals surface area contributed by atoms with E-state index in [1.807, 2.05) is 48.5 Å². The van der Waals surface area contributed by atoms with Crippen LogP contribution < -0.4 is 15.0 Å². The second kappa shape index (κ2) is 9.00. The van der Waals surface area contributed by atoms with E-state index >= 15 is 0 Å². The molecule has 2 aromatic carbocycles. The Labute approximate surface area is 179 Å². The molecule has 0 spiro atoms. The van der Waals surface area contributed by atoms with E-state index in [-0.39, 0.29) is 18.2 Å². The normalized spacial score (nSPS) is 12.6. The number of pyridine rings is 1. The van der Waals surface area contributed by atoms with Gasteiger partial charge in [-0.3, -0.25) is 9.59 Å². The molecule has 0 unspecified atom stereocenters. The molecule has 0 saturated carbocycles. The Morgan fingerprint density at radius 3 is 2.70 bits per heavy atom. The second-order valence-corrected chi connectivity index (χ2v) is 7.79. The molecular formula is C23H21N3O3S. The predicted octanol–water partition coefficient (Wildman–Crippen LogP) is 3.91. The minimum absolute atomic E-state index is 0.112. The molecule has 2 heterocycles. The molecular weight excluding hydrogens is 398 g/mol. The van der Waals surface area contributed by atoms with Crippen LogP contribution in [0.25, 0.3) is 0 Å². The Kier molecular flexibility index (Phi) is 5.99. The molecule has 1 N–H and O–H groups in total. The van der Waals surface area contributed by atoms with Crippen LogP contribution in [0.4, 0.5) is 5.69 Å². The summed E-state index contributed by atoms with van der Waals surface area (Å²) in [5.41, 5.74) is 2.34. The Hall–Kier alpha value is -3.32. The first-order valence-electron chi connectivity index (χ1n) is 9.59. The van der Waals surface area contributed by atoms with E-state index in [0.29, 0.717) is 23.7 Å². The number of fused-ring (bicyclic) bond motifs is 2. The van der Waals surface area contributed by atoms with E-state index in [4.69, 9.17) is 4.74 Å². The number of benzene rings is 2. The summed E-state index contributed by atoms with van der Waals surface area (Å²) in [4.78, 5) is 32.6. The molecule has 0 aliphatic carbocycles. The van der Waals surface area contributed by atoms with E-state index in [1.165, 1.54) is 11.8 Å². The summed E-state index contributed by atoms with van der Waals surface area (Å²) < 4.78 is 5.14. The zero-order valence-electron chi connectivity index (χ0n) is 16.5. The maximum absolute atomic E-state index is 13.2. The fourth-order valence-corrected chi connectivity index (χ4v) is 4.24. The first kappa shape index (κ1) is 20.0. The van der Waals surface area contributed by atoms with Crippen LogP contribution >= 0.6 is 11.8 Å². The maximum atomic E-state index is 13.2. The van der Waals surface area contributed by atoms with Crippen molar-refractivity contribution in [2.75, 3.05) is 18.6 Å². The number of carbonyl (C=O) groups is 2. The van der Waals surface area contributed by atoms with Gasteiger partial charge >= 0.3 is 0 Å². The average Bonchev–Trinajstić information content (AvgIpc) is 2.90. The number of amides is 2. The van der Waals surface area contributed by atoms with Crippen LogP contribution in [-0.2, 0) is 11.3 Å². The Morgan fingerprint density at radius 2 is 1.90 bits per heavy atom. The van der Waals surface area contributed by atoms with E-state index in [2.05, 4.69) is 10.3 Å². The summed E-state index contributed by atoms with van der Waals surface area (Å²) >= 11 is 1.47. The third-order valence-electron chi connectivity index (χ3n) is 4.82. The van der Waals surface area contributed by atoms with Crippen molar-refractivity contribution in [1.29, 1.82) is 0 Å². The molecule has 30 heavy (non-hydrogen) atoms. The number of aromatic nitrogens is 1. The number of rotatable bonds is 6. The number of ether oxygens (including phenoxy) is 1. The van der Waals surface area contributed by atoms with Gasteiger partial charge in [-0.25, -0.2) is 4.98 Å². The SMILES string of the molecule is COc1ccc(CNC(=O)CCN2C(=O)c3cccnc3Sc3ccccc32)cc1. The molecule has 0 fully saturated rings. The molecule has 3 aromatic rings. The molecule has 0 radical (unpaired) electrons. The van der Waals surface area contributed by atoms with Crippen molar-refractivity contribution in [3.05, 3.63) is 78.0 Å². The van der Waals surface area contributed by atoms with Gasteiger partial charge in [0.05, 0.1) is 18.4 Å². The number of hydrogen-bond donors (Lipinski definition) is 1. The van der Waals surface area contributed by atoms with Gasteiger partial charge in [0.15, 0.2) is 0 Å². The number of methoxy groups -OCH3 is 1. The van der Waals surface area contributed by atoms with Crippen LogP contribution in [0.3, 0.4) is 0 Å². The predicted molar refractivity (Wildman–Crippen MR) is 116 cm³/mol. The van der Waals surface area contributed by atoms with Crippen molar-refractivity contribution >= 4 is 29.3 Å². The zero-order valence-corrected chi connectivity index (χ0v) is 17.3. The van der Waals surface area contributed by atoms with Crippen molar-refractivity contribution in [3.8, 4) is 5.75 Å². The fourth-order valence-electron chi connectivity index (χ4n) is 3.23. The molecule has 1 aromatic heterocycles. The molecule has 6 nitrogen and oxygen atoms in total. The van der Waals surface area contributed by atoms with Gasteiger partial charge in [0.1, 0.15) is 10.8 Å². The highest BCUT2D eigenvalue weighted by Gasteiger charge is 2.28. The van der Waals surface area contributed by atoms with Gasteiger partial charge in [0.25, 0.3) is 5.91 Å².